The van der Waals surface area contributed by atoms with E-state index < -0.39 is 23.9 Å². The molecule has 1 saturated heterocycles. The number of aliphatic hydroxyl groups is 1. The van der Waals surface area contributed by atoms with Crippen molar-refractivity contribution >= 4 is 11.7 Å². The van der Waals surface area contributed by atoms with Gasteiger partial charge in [0.2, 0.25) is 0 Å². The Hall–Kier alpha value is -1.76. The van der Waals surface area contributed by atoms with E-state index in [9.17, 15) is 23.1 Å². The van der Waals surface area contributed by atoms with Crippen LogP contribution in [0.5, 0.6) is 0 Å². The molecule has 1 fully saturated rings. The minimum atomic E-state index is -4.52. The second-order valence-electron chi connectivity index (χ2n) is 5.21. The molecule has 1 aliphatic heterocycles. The molecule has 0 spiro atoms. The summed E-state index contributed by atoms with van der Waals surface area (Å²) in [5, 5.41) is 11.8. The topological polar surface area (TPSA) is 52.6 Å². The van der Waals surface area contributed by atoms with Crippen molar-refractivity contribution in [1.82, 2.24) is 4.90 Å². The number of anilines is 1. The van der Waals surface area contributed by atoms with Crippen molar-refractivity contribution in [3.63, 3.8) is 0 Å². The maximum atomic E-state index is 12.8. The third-order valence-electron chi connectivity index (χ3n) is 3.67. The number of amides is 2. The second-order valence-corrected chi connectivity index (χ2v) is 5.21. The smallest absolute Gasteiger partial charge is 0.393 e. The monoisotopic (exact) mass is 302 g/mol. The van der Waals surface area contributed by atoms with Crippen LogP contribution in [-0.4, -0.2) is 35.2 Å². The van der Waals surface area contributed by atoms with Gasteiger partial charge >= 0.3 is 12.2 Å². The first-order valence-electron chi connectivity index (χ1n) is 6.69. The maximum absolute atomic E-state index is 12.8. The number of carbonyl (C=O) groups is 1. The molecule has 116 valence electrons. The molecule has 2 N–H and O–H groups in total. The van der Waals surface area contributed by atoms with E-state index in [-0.39, 0.29) is 11.6 Å². The number of urea groups is 1. The number of hydrogen-bond donors (Lipinski definition) is 2. The predicted molar refractivity (Wildman–Crippen MR) is 71.8 cm³/mol. The molecule has 7 heteroatoms. The molecule has 0 radical (unpaired) electrons. The van der Waals surface area contributed by atoms with Gasteiger partial charge in [0.1, 0.15) is 0 Å². The molecule has 0 aliphatic carbocycles. The Morgan fingerprint density at radius 1 is 1.43 bits per heavy atom. The standard InChI is InChI=1S/C14H17F3N2O2/c1-9(20)10-6-7-19(8-10)13(21)18-12-5-3-2-4-11(12)14(15,16)17/h2-5,9-10,20H,6-8H2,1H3,(H,18,21). The van der Waals surface area contributed by atoms with Gasteiger partial charge in [-0.3, -0.25) is 0 Å². The highest BCUT2D eigenvalue weighted by atomic mass is 19.4. The molecule has 1 heterocycles. The van der Waals surface area contributed by atoms with Crippen LogP contribution in [0.1, 0.15) is 18.9 Å². The molecule has 2 atom stereocenters. The molecule has 2 unspecified atom stereocenters. The summed E-state index contributed by atoms with van der Waals surface area (Å²) in [6, 6.07) is 4.29. The van der Waals surface area contributed by atoms with Crippen molar-refractivity contribution in [2.75, 3.05) is 18.4 Å². The fourth-order valence-corrected chi connectivity index (χ4v) is 2.40. The lowest BCUT2D eigenvalue weighted by Crippen LogP contribution is -2.34. The molecule has 2 amide bonds. The Kier molecular flexibility index (Phi) is 4.41. The number of likely N-dealkylation sites (tertiary alicyclic amines) is 1. The van der Waals surface area contributed by atoms with Crippen LogP contribution in [0.15, 0.2) is 24.3 Å². The summed E-state index contributed by atoms with van der Waals surface area (Å²) in [6.07, 6.45) is -4.41. The third kappa shape index (κ3) is 3.66. The SMILES string of the molecule is CC(O)C1CCN(C(=O)Nc2ccccc2C(F)(F)F)C1. The van der Waals surface area contributed by atoms with Gasteiger partial charge < -0.3 is 15.3 Å². The van der Waals surface area contributed by atoms with Crippen LogP contribution in [0.3, 0.4) is 0 Å². The normalized spacial score (nSPS) is 20.4. The molecule has 0 saturated carbocycles. The molecular weight excluding hydrogens is 285 g/mol. The number of nitrogens with one attached hydrogen (secondary N) is 1. The first kappa shape index (κ1) is 15.6. The lowest BCUT2D eigenvalue weighted by Gasteiger charge is -2.20. The lowest BCUT2D eigenvalue weighted by atomic mass is 10.0. The lowest BCUT2D eigenvalue weighted by molar-refractivity contribution is -0.136. The number of rotatable bonds is 2. The largest absolute Gasteiger partial charge is 0.418 e. The van der Waals surface area contributed by atoms with Crippen LogP contribution in [0, 0.1) is 5.92 Å². The molecule has 1 aliphatic rings. The number of hydrogen-bond acceptors (Lipinski definition) is 2. The number of nitrogens with zero attached hydrogens (tertiary/aromatic N) is 1. The zero-order valence-corrected chi connectivity index (χ0v) is 11.5. The summed E-state index contributed by atoms with van der Waals surface area (Å²) in [5.74, 6) is -0.0337. The van der Waals surface area contributed by atoms with Gasteiger partial charge in [0.25, 0.3) is 0 Å². The molecule has 1 aromatic rings. The van der Waals surface area contributed by atoms with Gasteiger partial charge in [0, 0.05) is 19.0 Å². The Morgan fingerprint density at radius 3 is 2.67 bits per heavy atom. The number of benzene rings is 1. The Morgan fingerprint density at radius 2 is 2.10 bits per heavy atom. The number of alkyl halides is 3. The minimum absolute atomic E-state index is 0.0337. The van der Waals surface area contributed by atoms with Crippen molar-refractivity contribution < 1.29 is 23.1 Å². The van der Waals surface area contributed by atoms with Crippen molar-refractivity contribution in [3.05, 3.63) is 29.8 Å². The summed E-state index contributed by atoms with van der Waals surface area (Å²) in [6.45, 7) is 2.41. The van der Waals surface area contributed by atoms with E-state index >= 15 is 0 Å². The zero-order chi connectivity index (χ0) is 15.6. The van der Waals surface area contributed by atoms with Crippen LogP contribution in [0.25, 0.3) is 0 Å². The van der Waals surface area contributed by atoms with E-state index in [2.05, 4.69) is 5.32 Å². The van der Waals surface area contributed by atoms with Crippen molar-refractivity contribution in [3.8, 4) is 0 Å². The summed E-state index contributed by atoms with van der Waals surface area (Å²) < 4.78 is 38.5. The molecule has 1 aromatic carbocycles. The first-order chi connectivity index (χ1) is 9.79. The molecule has 21 heavy (non-hydrogen) atoms. The predicted octanol–water partition coefficient (Wildman–Crippen LogP) is 2.94. The summed E-state index contributed by atoms with van der Waals surface area (Å²) in [4.78, 5) is 13.4. The molecule has 0 aromatic heterocycles. The van der Waals surface area contributed by atoms with Gasteiger partial charge in [-0.2, -0.15) is 13.2 Å². The molecule has 0 bridgehead atoms. The highest BCUT2D eigenvalue weighted by molar-refractivity contribution is 5.90. The van der Waals surface area contributed by atoms with E-state index in [1.165, 1.54) is 23.1 Å². The first-order valence-corrected chi connectivity index (χ1v) is 6.69. The Bertz CT molecular complexity index is 517. The minimum Gasteiger partial charge on any atom is -0.393 e. The van der Waals surface area contributed by atoms with E-state index in [1.54, 1.807) is 6.92 Å². The molecule has 4 nitrogen and oxygen atoms in total. The van der Waals surface area contributed by atoms with Crippen molar-refractivity contribution in [2.24, 2.45) is 5.92 Å². The van der Waals surface area contributed by atoms with E-state index in [1.807, 2.05) is 0 Å². The van der Waals surface area contributed by atoms with Crippen molar-refractivity contribution in [2.45, 2.75) is 25.6 Å². The maximum Gasteiger partial charge on any atom is 0.418 e. The number of halogens is 3. The van der Waals surface area contributed by atoms with Gasteiger partial charge in [-0.05, 0) is 25.5 Å². The summed E-state index contributed by atoms with van der Waals surface area (Å²) in [7, 11) is 0. The van der Waals surface area contributed by atoms with E-state index in [4.69, 9.17) is 0 Å². The number of carbonyl (C=O) groups excluding carboxylic acids is 1. The van der Waals surface area contributed by atoms with Crippen LogP contribution in [0.2, 0.25) is 0 Å². The fraction of sp³-hybridized carbons (Fsp3) is 0.500. The van der Waals surface area contributed by atoms with Gasteiger partial charge in [-0.25, -0.2) is 4.79 Å². The molecular formula is C14H17F3N2O2. The molecule has 2 rings (SSSR count). The Labute approximate surface area is 120 Å². The third-order valence-corrected chi connectivity index (χ3v) is 3.67. The highest BCUT2D eigenvalue weighted by Gasteiger charge is 2.35. The van der Waals surface area contributed by atoms with Gasteiger partial charge in [-0.15, -0.1) is 0 Å². The average Bonchev–Trinajstić information content (AvgIpc) is 2.88. The quantitative estimate of drug-likeness (QED) is 0.882. The second kappa shape index (κ2) is 5.93. The van der Waals surface area contributed by atoms with Gasteiger partial charge in [0.15, 0.2) is 0 Å². The van der Waals surface area contributed by atoms with Crippen LogP contribution >= 0.6 is 0 Å². The zero-order valence-electron chi connectivity index (χ0n) is 11.5. The van der Waals surface area contributed by atoms with Gasteiger partial charge in [-0.1, -0.05) is 12.1 Å². The van der Waals surface area contributed by atoms with Crippen LogP contribution in [-0.2, 0) is 6.18 Å². The van der Waals surface area contributed by atoms with E-state index in [0.29, 0.717) is 19.5 Å². The van der Waals surface area contributed by atoms with Crippen LogP contribution in [0.4, 0.5) is 23.7 Å². The number of aliphatic hydroxyl groups excluding tert-OH is 1. The van der Waals surface area contributed by atoms with Crippen LogP contribution < -0.4 is 5.32 Å². The number of para-hydroxylation sites is 1. The summed E-state index contributed by atoms with van der Waals surface area (Å²) in [5.41, 5.74) is -1.12. The van der Waals surface area contributed by atoms with E-state index in [0.717, 1.165) is 6.07 Å². The van der Waals surface area contributed by atoms with Gasteiger partial charge in [0.05, 0.1) is 17.4 Å². The summed E-state index contributed by atoms with van der Waals surface area (Å²) >= 11 is 0. The fourth-order valence-electron chi connectivity index (χ4n) is 2.40. The van der Waals surface area contributed by atoms with Crippen molar-refractivity contribution in [1.29, 1.82) is 0 Å². The highest BCUT2D eigenvalue weighted by Crippen LogP contribution is 2.34. The average molecular weight is 302 g/mol. The Balaban J connectivity index is 2.08.